The van der Waals surface area contributed by atoms with E-state index in [1.165, 1.54) is 11.8 Å². The number of thioether (sulfide) groups is 1. The SMILES string of the molecule is CCCNC(=O)CSc1nnc(C(C)(C)C)o1. The number of hydrogen-bond acceptors (Lipinski definition) is 5. The van der Waals surface area contributed by atoms with Crippen LogP contribution in [0.5, 0.6) is 0 Å². The summed E-state index contributed by atoms with van der Waals surface area (Å²) in [5, 5.41) is 11.1. The van der Waals surface area contributed by atoms with Crippen LogP contribution in [0.1, 0.15) is 40.0 Å². The maximum absolute atomic E-state index is 11.4. The highest BCUT2D eigenvalue weighted by Crippen LogP contribution is 2.24. The zero-order valence-corrected chi connectivity index (χ0v) is 11.6. The lowest BCUT2D eigenvalue weighted by Gasteiger charge is -2.10. The van der Waals surface area contributed by atoms with Crippen LogP contribution in [0.2, 0.25) is 0 Å². The van der Waals surface area contributed by atoms with Crippen molar-refractivity contribution in [3.05, 3.63) is 5.89 Å². The highest BCUT2D eigenvalue weighted by atomic mass is 32.2. The molecule has 1 rings (SSSR count). The highest BCUT2D eigenvalue weighted by molar-refractivity contribution is 7.99. The molecule has 1 aromatic heterocycles. The van der Waals surface area contributed by atoms with E-state index in [9.17, 15) is 4.79 Å². The largest absolute Gasteiger partial charge is 0.415 e. The first-order valence-electron chi connectivity index (χ1n) is 5.67. The molecule has 0 fully saturated rings. The van der Waals surface area contributed by atoms with Gasteiger partial charge in [0.05, 0.1) is 5.75 Å². The molecule has 0 bridgehead atoms. The van der Waals surface area contributed by atoms with Crippen LogP contribution in [0, 0.1) is 0 Å². The van der Waals surface area contributed by atoms with Gasteiger partial charge in [0.25, 0.3) is 5.22 Å². The summed E-state index contributed by atoms with van der Waals surface area (Å²) in [6.07, 6.45) is 0.936. The lowest BCUT2D eigenvalue weighted by Crippen LogP contribution is -2.25. The summed E-state index contributed by atoms with van der Waals surface area (Å²) in [5.74, 6) is 0.896. The molecule has 1 N–H and O–H groups in total. The zero-order valence-electron chi connectivity index (χ0n) is 10.7. The molecule has 1 heterocycles. The standard InChI is InChI=1S/C11H19N3O2S/c1-5-6-12-8(15)7-17-10-14-13-9(16-10)11(2,3)4/h5-7H2,1-4H3,(H,12,15). The van der Waals surface area contributed by atoms with Crippen molar-refractivity contribution in [3.63, 3.8) is 0 Å². The second-order valence-corrected chi connectivity index (χ2v) is 5.69. The fourth-order valence-electron chi connectivity index (χ4n) is 1.01. The van der Waals surface area contributed by atoms with Gasteiger partial charge in [0.2, 0.25) is 11.8 Å². The van der Waals surface area contributed by atoms with Crippen LogP contribution in [0.4, 0.5) is 0 Å². The third-order valence-corrected chi connectivity index (χ3v) is 2.77. The fraction of sp³-hybridized carbons (Fsp3) is 0.727. The summed E-state index contributed by atoms with van der Waals surface area (Å²) in [4.78, 5) is 11.4. The van der Waals surface area contributed by atoms with Gasteiger partial charge in [-0.3, -0.25) is 4.79 Å². The van der Waals surface area contributed by atoms with Crippen LogP contribution in [-0.2, 0) is 10.2 Å². The predicted molar refractivity (Wildman–Crippen MR) is 67.0 cm³/mol. The molecular weight excluding hydrogens is 238 g/mol. The minimum absolute atomic E-state index is 0.00708. The number of amides is 1. The Morgan fingerprint density at radius 1 is 1.41 bits per heavy atom. The van der Waals surface area contributed by atoms with Crippen molar-refractivity contribution in [2.75, 3.05) is 12.3 Å². The molecular formula is C11H19N3O2S. The third-order valence-electron chi connectivity index (χ3n) is 1.95. The van der Waals surface area contributed by atoms with Crippen LogP contribution < -0.4 is 5.32 Å². The van der Waals surface area contributed by atoms with E-state index in [1.54, 1.807) is 0 Å². The number of hydrogen-bond donors (Lipinski definition) is 1. The molecule has 6 heteroatoms. The minimum atomic E-state index is -0.156. The summed E-state index contributed by atoms with van der Waals surface area (Å²) in [6.45, 7) is 8.73. The Morgan fingerprint density at radius 3 is 2.65 bits per heavy atom. The summed E-state index contributed by atoms with van der Waals surface area (Å²) in [7, 11) is 0. The normalized spacial score (nSPS) is 11.5. The smallest absolute Gasteiger partial charge is 0.277 e. The first kappa shape index (κ1) is 14.0. The first-order chi connectivity index (χ1) is 7.93. The number of nitrogens with zero attached hydrogens (tertiary/aromatic N) is 2. The van der Waals surface area contributed by atoms with Gasteiger partial charge in [0, 0.05) is 12.0 Å². The number of aromatic nitrogens is 2. The third kappa shape index (κ3) is 4.77. The molecule has 0 aliphatic carbocycles. The van der Waals surface area contributed by atoms with Gasteiger partial charge >= 0.3 is 0 Å². The maximum Gasteiger partial charge on any atom is 0.277 e. The lowest BCUT2D eigenvalue weighted by atomic mass is 9.97. The number of rotatable bonds is 5. The summed E-state index contributed by atoms with van der Waals surface area (Å²) < 4.78 is 5.46. The lowest BCUT2D eigenvalue weighted by molar-refractivity contribution is -0.118. The van der Waals surface area contributed by atoms with Crippen LogP contribution in [0.3, 0.4) is 0 Å². The van der Waals surface area contributed by atoms with Gasteiger partial charge < -0.3 is 9.73 Å². The molecule has 0 spiro atoms. The van der Waals surface area contributed by atoms with E-state index in [2.05, 4.69) is 15.5 Å². The Labute approximate surface area is 106 Å². The summed E-state index contributed by atoms with van der Waals surface area (Å²) in [5.41, 5.74) is -0.156. The van der Waals surface area contributed by atoms with Gasteiger partial charge in [-0.15, -0.1) is 10.2 Å². The number of carbonyl (C=O) groups is 1. The van der Waals surface area contributed by atoms with Crippen LogP contribution in [0.15, 0.2) is 9.64 Å². The van der Waals surface area contributed by atoms with Gasteiger partial charge in [-0.05, 0) is 6.42 Å². The maximum atomic E-state index is 11.4. The van der Waals surface area contributed by atoms with E-state index >= 15 is 0 Å². The van der Waals surface area contributed by atoms with Crippen molar-refractivity contribution in [3.8, 4) is 0 Å². The first-order valence-corrected chi connectivity index (χ1v) is 6.65. The topological polar surface area (TPSA) is 68.0 Å². The second kappa shape index (κ2) is 6.05. The summed E-state index contributed by atoms with van der Waals surface area (Å²) in [6, 6.07) is 0. The average molecular weight is 257 g/mol. The van der Waals surface area contributed by atoms with Crippen LogP contribution in [0.25, 0.3) is 0 Å². The van der Waals surface area contributed by atoms with Crippen LogP contribution >= 0.6 is 11.8 Å². The second-order valence-electron chi connectivity index (χ2n) is 4.76. The molecule has 0 aromatic carbocycles. The average Bonchev–Trinajstić information content (AvgIpc) is 2.71. The number of carbonyl (C=O) groups excluding carboxylic acids is 1. The Morgan fingerprint density at radius 2 is 2.12 bits per heavy atom. The molecule has 5 nitrogen and oxygen atoms in total. The van der Waals surface area contributed by atoms with Crippen LogP contribution in [-0.4, -0.2) is 28.4 Å². The molecule has 0 aliphatic heterocycles. The highest BCUT2D eigenvalue weighted by Gasteiger charge is 2.21. The fourth-order valence-corrected chi connectivity index (χ4v) is 1.61. The predicted octanol–water partition coefficient (Wildman–Crippen LogP) is 1.99. The molecule has 0 saturated carbocycles. The quantitative estimate of drug-likeness (QED) is 0.817. The van der Waals surface area contributed by atoms with E-state index in [0.717, 1.165) is 6.42 Å². The Kier molecular flexibility index (Phi) is 4.99. The van der Waals surface area contributed by atoms with E-state index in [4.69, 9.17) is 4.42 Å². The number of nitrogens with one attached hydrogen (secondary N) is 1. The molecule has 1 amide bonds. The summed E-state index contributed by atoms with van der Waals surface area (Å²) >= 11 is 1.26. The van der Waals surface area contributed by atoms with Gasteiger partial charge in [0.15, 0.2) is 0 Å². The monoisotopic (exact) mass is 257 g/mol. The molecule has 0 aliphatic rings. The Bertz CT molecular complexity index is 371. The molecule has 1 aromatic rings. The van der Waals surface area contributed by atoms with Gasteiger partial charge in [-0.1, -0.05) is 39.5 Å². The Balaban J connectivity index is 2.42. The molecule has 96 valence electrons. The van der Waals surface area contributed by atoms with Crippen molar-refractivity contribution in [2.45, 2.75) is 44.8 Å². The van der Waals surface area contributed by atoms with Crippen molar-refractivity contribution in [2.24, 2.45) is 0 Å². The molecule has 0 unspecified atom stereocenters. The van der Waals surface area contributed by atoms with E-state index in [1.807, 2.05) is 27.7 Å². The van der Waals surface area contributed by atoms with Crippen molar-refractivity contribution >= 4 is 17.7 Å². The Hall–Kier alpha value is -1.04. The van der Waals surface area contributed by atoms with Crippen molar-refractivity contribution in [1.29, 1.82) is 0 Å². The van der Waals surface area contributed by atoms with E-state index in [0.29, 0.717) is 23.4 Å². The molecule has 0 radical (unpaired) electrons. The van der Waals surface area contributed by atoms with Gasteiger partial charge in [-0.25, -0.2) is 0 Å². The minimum Gasteiger partial charge on any atom is -0.415 e. The van der Waals surface area contributed by atoms with E-state index in [-0.39, 0.29) is 11.3 Å². The molecule has 17 heavy (non-hydrogen) atoms. The van der Waals surface area contributed by atoms with Crippen molar-refractivity contribution in [1.82, 2.24) is 15.5 Å². The van der Waals surface area contributed by atoms with Gasteiger partial charge in [-0.2, -0.15) is 0 Å². The molecule has 0 saturated heterocycles. The van der Waals surface area contributed by atoms with Crippen molar-refractivity contribution < 1.29 is 9.21 Å². The van der Waals surface area contributed by atoms with Gasteiger partial charge in [0.1, 0.15) is 0 Å². The molecule has 0 atom stereocenters. The van der Waals surface area contributed by atoms with E-state index < -0.39 is 0 Å². The zero-order chi connectivity index (χ0) is 12.9.